The van der Waals surface area contributed by atoms with E-state index in [1.54, 1.807) is 12.3 Å². The molecule has 1 heterocycles. The molecule has 0 saturated heterocycles. The molecule has 76 valence electrons. The predicted octanol–water partition coefficient (Wildman–Crippen LogP) is 2.85. The Hall–Kier alpha value is -0.890. The van der Waals surface area contributed by atoms with Crippen molar-refractivity contribution in [3.63, 3.8) is 0 Å². The van der Waals surface area contributed by atoms with Crippen LogP contribution in [0.3, 0.4) is 0 Å². The van der Waals surface area contributed by atoms with E-state index in [4.69, 9.17) is 11.6 Å². The van der Waals surface area contributed by atoms with Gasteiger partial charge < -0.3 is 4.79 Å². The number of halogens is 1. The van der Waals surface area contributed by atoms with Gasteiger partial charge in [-0.2, -0.15) is 0 Å². The van der Waals surface area contributed by atoms with Gasteiger partial charge in [-0.1, -0.05) is 31.5 Å². The number of nitrogens with zero attached hydrogens (tertiary/aromatic N) is 1. The quantitative estimate of drug-likeness (QED) is 0.569. The molecule has 14 heavy (non-hydrogen) atoms. The first-order chi connectivity index (χ1) is 6.50. The molecular formula is C11H14ClNO. The van der Waals surface area contributed by atoms with Crippen LogP contribution in [0.4, 0.5) is 0 Å². The average Bonchev–Trinajstić information content (AvgIpc) is 2.17. The van der Waals surface area contributed by atoms with Crippen LogP contribution in [0.15, 0.2) is 18.3 Å². The summed E-state index contributed by atoms with van der Waals surface area (Å²) in [7, 11) is 0. The van der Waals surface area contributed by atoms with Crippen LogP contribution >= 0.6 is 11.6 Å². The van der Waals surface area contributed by atoms with Crippen molar-refractivity contribution < 1.29 is 4.79 Å². The number of aldehydes is 1. The van der Waals surface area contributed by atoms with E-state index in [0.29, 0.717) is 5.15 Å². The second-order valence-corrected chi connectivity index (χ2v) is 4.31. The summed E-state index contributed by atoms with van der Waals surface area (Å²) in [4.78, 5) is 15.1. The van der Waals surface area contributed by atoms with Crippen LogP contribution in [-0.4, -0.2) is 11.3 Å². The number of carbonyl (C=O) groups is 1. The van der Waals surface area contributed by atoms with Gasteiger partial charge in [-0.3, -0.25) is 0 Å². The lowest BCUT2D eigenvalue weighted by atomic mass is 9.75. The Morgan fingerprint density at radius 3 is 2.50 bits per heavy atom. The Labute approximate surface area is 89.3 Å². The smallest absolute Gasteiger partial charge is 0.130 e. The molecule has 2 nitrogen and oxygen atoms in total. The maximum Gasteiger partial charge on any atom is 0.130 e. The zero-order chi connectivity index (χ0) is 10.8. The maximum atomic E-state index is 11.1. The van der Waals surface area contributed by atoms with Crippen molar-refractivity contribution in [1.82, 2.24) is 4.98 Å². The topological polar surface area (TPSA) is 30.0 Å². The van der Waals surface area contributed by atoms with Crippen LogP contribution < -0.4 is 0 Å². The van der Waals surface area contributed by atoms with E-state index >= 15 is 0 Å². The van der Waals surface area contributed by atoms with Gasteiger partial charge in [0.15, 0.2) is 0 Å². The number of hydrogen-bond donors (Lipinski definition) is 0. The first-order valence-electron chi connectivity index (χ1n) is 4.59. The highest BCUT2D eigenvalue weighted by atomic mass is 35.5. The van der Waals surface area contributed by atoms with Gasteiger partial charge in [-0.15, -0.1) is 0 Å². The van der Waals surface area contributed by atoms with E-state index in [-0.39, 0.29) is 5.92 Å². The summed E-state index contributed by atoms with van der Waals surface area (Å²) < 4.78 is 0. The molecule has 1 rings (SSSR count). The molecule has 0 radical (unpaired) electrons. The zero-order valence-electron chi connectivity index (χ0n) is 8.62. The van der Waals surface area contributed by atoms with E-state index in [0.717, 1.165) is 11.8 Å². The van der Waals surface area contributed by atoms with Crippen LogP contribution in [0.2, 0.25) is 5.15 Å². The van der Waals surface area contributed by atoms with E-state index < -0.39 is 5.41 Å². The molecule has 3 heteroatoms. The second kappa shape index (κ2) is 4.09. The van der Waals surface area contributed by atoms with Gasteiger partial charge in [0.2, 0.25) is 0 Å². The third kappa shape index (κ3) is 1.95. The molecule has 1 aromatic heterocycles. The molecule has 0 aliphatic heterocycles. The molecule has 0 aliphatic rings. The molecule has 0 amide bonds. The third-order valence-electron chi connectivity index (χ3n) is 2.79. The van der Waals surface area contributed by atoms with Crippen molar-refractivity contribution in [1.29, 1.82) is 0 Å². The lowest BCUT2D eigenvalue weighted by molar-refractivity contribution is -0.113. The normalized spacial score (nSPS) is 15.2. The number of carbonyl (C=O) groups excluding carboxylic acids is 1. The summed E-state index contributed by atoms with van der Waals surface area (Å²) in [6.45, 7) is 5.95. The standard InChI is InChI=1S/C11H14ClNO/c1-8(2)11(3,7-14)9-4-5-10(12)13-6-9/h4-8H,1-3H3. The number of pyridine rings is 1. The van der Waals surface area contributed by atoms with Crippen LogP contribution in [0.5, 0.6) is 0 Å². The Bertz CT molecular complexity index is 321. The molecule has 0 N–H and O–H groups in total. The number of rotatable bonds is 3. The summed E-state index contributed by atoms with van der Waals surface area (Å²) in [5.41, 5.74) is 0.435. The molecule has 1 aromatic rings. The van der Waals surface area contributed by atoms with Crippen molar-refractivity contribution in [3.8, 4) is 0 Å². The highest BCUT2D eigenvalue weighted by Gasteiger charge is 2.30. The highest BCUT2D eigenvalue weighted by Crippen LogP contribution is 2.29. The van der Waals surface area contributed by atoms with Gasteiger partial charge in [0.25, 0.3) is 0 Å². The minimum absolute atomic E-state index is 0.239. The van der Waals surface area contributed by atoms with E-state index in [9.17, 15) is 4.79 Å². The van der Waals surface area contributed by atoms with Crippen molar-refractivity contribution >= 4 is 17.9 Å². The number of hydrogen-bond acceptors (Lipinski definition) is 2. The molecule has 1 atom stereocenters. The molecule has 0 bridgehead atoms. The monoisotopic (exact) mass is 211 g/mol. The largest absolute Gasteiger partial charge is 0.302 e. The van der Waals surface area contributed by atoms with Crippen LogP contribution in [0, 0.1) is 5.92 Å². The van der Waals surface area contributed by atoms with Crippen molar-refractivity contribution in [2.75, 3.05) is 0 Å². The average molecular weight is 212 g/mol. The zero-order valence-corrected chi connectivity index (χ0v) is 9.38. The van der Waals surface area contributed by atoms with E-state index in [2.05, 4.69) is 4.98 Å². The lowest BCUT2D eigenvalue weighted by Crippen LogP contribution is -2.30. The van der Waals surface area contributed by atoms with Gasteiger partial charge in [0.1, 0.15) is 11.4 Å². The highest BCUT2D eigenvalue weighted by molar-refractivity contribution is 6.29. The summed E-state index contributed by atoms with van der Waals surface area (Å²) in [5, 5.41) is 0.450. The summed E-state index contributed by atoms with van der Waals surface area (Å²) in [6, 6.07) is 3.56. The van der Waals surface area contributed by atoms with Crippen molar-refractivity contribution in [3.05, 3.63) is 29.0 Å². The summed E-state index contributed by atoms with van der Waals surface area (Å²) in [6.07, 6.45) is 2.64. The Balaban J connectivity index is 3.13. The molecule has 0 aromatic carbocycles. The van der Waals surface area contributed by atoms with Crippen molar-refractivity contribution in [2.45, 2.75) is 26.2 Å². The summed E-state index contributed by atoms with van der Waals surface area (Å²) >= 11 is 5.69. The minimum atomic E-state index is -0.475. The van der Waals surface area contributed by atoms with Gasteiger partial charge in [-0.05, 0) is 24.5 Å². The third-order valence-corrected chi connectivity index (χ3v) is 3.02. The van der Waals surface area contributed by atoms with Gasteiger partial charge >= 0.3 is 0 Å². The van der Waals surface area contributed by atoms with Crippen LogP contribution in [0.1, 0.15) is 26.3 Å². The molecule has 0 fully saturated rings. The van der Waals surface area contributed by atoms with E-state index in [1.807, 2.05) is 26.8 Å². The second-order valence-electron chi connectivity index (χ2n) is 3.92. The number of aromatic nitrogens is 1. The predicted molar refractivity (Wildman–Crippen MR) is 57.5 cm³/mol. The molecular weight excluding hydrogens is 198 g/mol. The summed E-state index contributed by atoms with van der Waals surface area (Å²) in [5.74, 6) is 0.239. The van der Waals surface area contributed by atoms with Crippen LogP contribution in [0.25, 0.3) is 0 Å². The van der Waals surface area contributed by atoms with Gasteiger partial charge in [-0.25, -0.2) is 4.98 Å². The van der Waals surface area contributed by atoms with E-state index in [1.165, 1.54) is 0 Å². The van der Waals surface area contributed by atoms with Crippen molar-refractivity contribution in [2.24, 2.45) is 5.92 Å². The fourth-order valence-corrected chi connectivity index (χ4v) is 1.34. The Morgan fingerprint density at radius 1 is 1.50 bits per heavy atom. The maximum absolute atomic E-state index is 11.1. The fourth-order valence-electron chi connectivity index (χ4n) is 1.23. The molecule has 1 unspecified atom stereocenters. The molecule has 0 saturated carbocycles. The SMILES string of the molecule is CC(C)C(C)(C=O)c1ccc(Cl)nc1. The molecule has 0 spiro atoms. The lowest BCUT2D eigenvalue weighted by Gasteiger charge is -2.27. The van der Waals surface area contributed by atoms with Gasteiger partial charge in [0.05, 0.1) is 5.41 Å². The van der Waals surface area contributed by atoms with Crippen LogP contribution in [-0.2, 0) is 10.2 Å². The Kier molecular flexibility index (Phi) is 3.27. The molecule has 0 aliphatic carbocycles. The first-order valence-corrected chi connectivity index (χ1v) is 4.97. The van der Waals surface area contributed by atoms with Gasteiger partial charge in [0, 0.05) is 6.20 Å². The fraction of sp³-hybridized carbons (Fsp3) is 0.455. The first kappa shape index (κ1) is 11.2. The Morgan fingerprint density at radius 2 is 2.14 bits per heavy atom. The minimum Gasteiger partial charge on any atom is -0.302 e.